The van der Waals surface area contributed by atoms with Gasteiger partial charge in [-0.2, -0.15) is 15.0 Å². The van der Waals surface area contributed by atoms with Gasteiger partial charge in [-0.1, -0.05) is 47.1 Å². The molecule has 8 rings (SSSR count). The van der Waals surface area contributed by atoms with Crippen molar-refractivity contribution < 1.29 is 27.2 Å². The number of rotatable bonds is 11. The first-order valence-corrected chi connectivity index (χ1v) is 17.6. The van der Waals surface area contributed by atoms with E-state index in [0.29, 0.717) is 53.4 Å². The number of carbonyl (C=O) groups is 1. The number of aryl methyl sites for hydroxylation is 1. The van der Waals surface area contributed by atoms with Crippen molar-refractivity contribution in [3.63, 3.8) is 0 Å². The molecule has 266 valence electrons. The number of hydrogen-bond donors (Lipinski definition) is 0. The second-order valence-electron chi connectivity index (χ2n) is 13.8. The molecule has 0 N–H and O–H groups in total. The Morgan fingerprint density at radius 3 is 2.63 bits per heavy atom. The van der Waals surface area contributed by atoms with Crippen LogP contribution in [0.3, 0.4) is 0 Å². The maximum atomic E-state index is 16.7. The highest BCUT2D eigenvalue weighted by molar-refractivity contribution is 6.36. The van der Waals surface area contributed by atoms with Crippen molar-refractivity contribution in [2.75, 3.05) is 51.3 Å². The van der Waals surface area contributed by atoms with Gasteiger partial charge in [0.25, 0.3) is 0 Å². The number of benzene rings is 2. The number of alkyl halides is 2. The second kappa shape index (κ2) is 13.5. The quantitative estimate of drug-likeness (QED) is 0.150. The molecular weight excluding hydrogens is 685 g/mol. The minimum atomic E-state index is -2.83. The molecule has 3 aromatic heterocycles. The fourth-order valence-electron chi connectivity index (χ4n) is 7.91. The third kappa shape index (κ3) is 6.32. The zero-order valence-corrected chi connectivity index (χ0v) is 28.8. The number of amides is 1. The van der Waals surface area contributed by atoms with Gasteiger partial charge in [0.1, 0.15) is 23.6 Å². The summed E-state index contributed by atoms with van der Waals surface area (Å²) in [7, 11) is 1.87. The summed E-state index contributed by atoms with van der Waals surface area (Å²) in [6.07, 6.45) is 3.23. The number of carbonyl (C=O) groups excluding carboxylic acids is 1. The lowest BCUT2D eigenvalue weighted by Gasteiger charge is -2.41. The zero-order valence-electron chi connectivity index (χ0n) is 28.0. The molecule has 5 aromatic rings. The molecule has 3 aliphatic heterocycles. The average Bonchev–Trinajstić information content (AvgIpc) is 3.84. The second-order valence-corrected chi connectivity index (χ2v) is 14.2. The van der Waals surface area contributed by atoms with Gasteiger partial charge in [0.2, 0.25) is 17.6 Å². The Morgan fingerprint density at radius 2 is 1.88 bits per heavy atom. The van der Waals surface area contributed by atoms with E-state index < -0.39 is 18.1 Å². The van der Waals surface area contributed by atoms with Crippen molar-refractivity contribution in [1.29, 1.82) is 0 Å². The van der Waals surface area contributed by atoms with E-state index in [1.54, 1.807) is 23.2 Å². The van der Waals surface area contributed by atoms with Gasteiger partial charge in [0.05, 0.1) is 10.9 Å². The van der Waals surface area contributed by atoms with Gasteiger partial charge in [-0.25, -0.2) is 13.2 Å². The van der Waals surface area contributed by atoms with Gasteiger partial charge in [-0.3, -0.25) is 14.7 Å². The molecule has 3 saturated heterocycles. The Hall–Kier alpha value is -4.56. The zero-order chi connectivity index (χ0) is 35.3. The van der Waals surface area contributed by atoms with E-state index >= 15 is 4.39 Å². The van der Waals surface area contributed by atoms with Gasteiger partial charge < -0.3 is 19.1 Å². The van der Waals surface area contributed by atoms with E-state index in [1.807, 2.05) is 36.2 Å². The van der Waals surface area contributed by atoms with Gasteiger partial charge >= 0.3 is 12.4 Å². The maximum Gasteiger partial charge on any atom is 0.319 e. The Balaban J connectivity index is 1.04. The Morgan fingerprint density at radius 1 is 1.12 bits per heavy atom. The van der Waals surface area contributed by atoms with E-state index in [2.05, 4.69) is 25.0 Å². The molecule has 6 heterocycles. The number of aromatic nitrogens is 5. The van der Waals surface area contributed by atoms with Gasteiger partial charge in [0.15, 0.2) is 5.82 Å². The molecule has 0 spiro atoms. The first-order valence-electron chi connectivity index (χ1n) is 17.2. The number of halogens is 4. The fraction of sp³-hybridized carbons (Fsp3) is 0.444. The molecule has 51 heavy (non-hydrogen) atoms. The van der Waals surface area contributed by atoms with Crippen LogP contribution in [0.2, 0.25) is 5.02 Å². The van der Waals surface area contributed by atoms with Crippen molar-refractivity contribution in [3.8, 4) is 17.3 Å². The number of pyridine rings is 1. The van der Waals surface area contributed by atoms with Crippen LogP contribution in [0.25, 0.3) is 32.9 Å². The van der Waals surface area contributed by atoms with Crippen LogP contribution in [0.5, 0.6) is 6.01 Å². The van der Waals surface area contributed by atoms with Crippen LogP contribution in [0.15, 0.2) is 47.1 Å². The first kappa shape index (κ1) is 33.6. The minimum Gasteiger partial charge on any atom is -0.461 e. The van der Waals surface area contributed by atoms with Crippen LogP contribution in [0.1, 0.15) is 50.2 Å². The average molecular weight is 721 g/mol. The van der Waals surface area contributed by atoms with Crippen LogP contribution in [0.4, 0.5) is 19.0 Å². The maximum absolute atomic E-state index is 16.7. The predicted molar refractivity (Wildman–Crippen MR) is 184 cm³/mol. The highest BCUT2D eigenvalue weighted by atomic mass is 35.5. The molecule has 11 nitrogen and oxygen atoms in total. The summed E-state index contributed by atoms with van der Waals surface area (Å²) >= 11 is 6.61. The lowest BCUT2D eigenvalue weighted by atomic mass is 9.95. The van der Waals surface area contributed by atoms with Crippen LogP contribution in [-0.2, 0) is 11.2 Å². The van der Waals surface area contributed by atoms with Gasteiger partial charge in [-0.15, -0.1) is 0 Å². The van der Waals surface area contributed by atoms with Crippen molar-refractivity contribution in [2.24, 2.45) is 5.92 Å². The highest BCUT2D eigenvalue weighted by Crippen LogP contribution is 2.40. The third-order valence-corrected chi connectivity index (χ3v) is 10.8. The largest absolute Gasteiger partial charge is 0.461 e. The van der Waals surface area contributed by atoms with Crippen molar-refractivity contribution in [3.05, 3.63) is 65.2 Å². The number of fused-ring (bicyclic) bond motifs is 3. The van der Waals surface area contributed by atoms with E-state index in [0.717, 1.165) is 44.2 Å². The van der Waals surface area contributed by atoms with E-state index in [9.17, 15) is 13.6 Å². The van der Waals surface area contributed by atoms with E-state index in [-0.39, 0.29) is 53.3 Å². The summed E-state index contributed by atoms with van der Waals surface area (Å²) in [5, 5.41) is 5.75. The number of nitrogens with zero attached hydrogens (tertiary/aromatic N) is 8. The molecule has 0 atom stereocenters. The third-order valence-electron chi connectivity index (χ3n) is 10.5. The first-order chi connectivity index (χ1) is 24.7. The predicted octanol–water partition coefficient (Wildman–Crippen LogP) is 6.49. The molecule has 3 fully saturated rings. The summed E-state index contributed by atoms with van der Waals surface area (Å²) in [6.45, 7) is 4.04. The minimum absolute atomic E-state index is 0.00448. The molecule has 0 aliphatic carbocycles. The summed E-state index contributed by atoms with van der Waals surface area (Å²) in [4.78, 5) is 36.6. The van der Waals surface area contributed by atoms with Crippen molar-refractivity contribution in [1.82, 2.24) is 34.9 Å². The number of likely N-dealkylation sites (tertiary alicyclic amines) is 1. The van der Waals surface area contributed by atoms with Crippen LogP contribution in [0, 0.1) is 11.7 Å². The van der Waals surface area contributed by atoms with Crippen molar-refractivity contribution in [2.45, 2.75) is 50.5 Å². The molecular formula is C36H36ClF3N8O3. The summed E-state index contributed by atoms with van der Waals surface area (Å²) < 4.78 is 53.4. The van der Waals surface area contributed by atoms with Gasteiger partial charge in [0, 0.05) is 67.6 Å². The molecule has 0 radical (unpaired) electrons. The summed E-state index contributed by atoms with van der Waals surface area (Å²) in [5.74, 6) is -0.809. The lowest BCUT2D eigenvalue weighted by molar-refractivity contribution is -0.137. The lowest BCUT2D eigenvalue weighted by Crippen LogP contribution is -2.53. The number of anilines is 1. The SMILES string of the molecule is CN(CC1CN(C(=O)CCc2nc(C(F)F)no2)C1)c1nc(OCC23CCCN2CCC3)nc2c(F)c(-c3cccc4cccc(Cl)c34)ncc12. The van der Waals surface area contributed by atoms with Crippen molar-refractivity contribution >= 4 is 45.0 Å². The normalized spacial score (nSPS) is 17.4. The summed E-state index contributed by atoms with van der Waals surface area (Å²) in [5.41, 5.74) is 0.745. The van der Waals surface area contributed by atoms with Gasteiger partial charge in [-0.05, 0) is 50.2 Å². The molecule has 3 aliphatic rings. The highest BCUT2D eigenvalue weighted by Gasteiger charge is 2.45. The Bertz CT molecular complexity index is 2090. The van der Waals surface area contributed by atoms with Crippen LogP contribution >= 0.6 is 11.6 Å². The van der Waals surface area contributed by atoms with E-state index in [4.69, 9.17) is 25.8 Å². The van der Waals surface area contributed by atoms with Crippen LogP contribution in [-0.4, -0.2) is 92.7 Å². The number of hydrogen-bond acceptors (Lipinski definition) is 10. The fourth-order valence-corrected chi connectivity index (χ4v) is 8.19. The summed E-state index contributed by atoms with van der Waals surface area (Å²) in [6, 6.07) is 11.2. The van der Waals surface area contributed by atoms with Crippen LogP contribution < -0.4 is 9.64 Å². The number of ether oxygens (including phenoxy) is 1. The monoisotopic (exact) mass is 720 g/mol. The molecule has 2 aromatic carbocycles. The molecule has 15 heteroatoms. The van der Waals surface area contributed by atoms with E-state index in [1.165, 1.54) is 0 Å². The molecule has 0 bridgehead atoms. The standard InChI is InChI=1S/C36H36ClF3N8O3/c1-46(17-21-18-47(19-21)27(49)11-10-26-42-33(32(39)40)45-51-26)34-24-16-41-30(23-8-2-6-22-7-3-9-25(37)28(22)23)29(38)31(24)43-35(44-34)50-20-36-12-4-14-48(36)15-5-13-36/h2-3,6-9,16,21,32H,4-5,10-15,17-20H2,1H3. The Labute approximate surface area is 296 Å². The topological polar surface area (TPSA) is 114 Å². The smallest absolute Gasteiger partial charge is 0.319 e. The Kier molecular flexibility index (Phi) is 8.91. The molecule has 0 unspecified atom stereocenters. The molecule has 0 saturated carbocycles. The molecule has 1 amide bonds.